The van der Waals surface area contributed by atoms with Gasteiger partial charge in [0, 0.05) is 46.1 Å². The van der Waals surface area contributed by atoms with Crippen molar-refractivity contribution in [2.75, 3.05) is 13.1 Å². The van der Waals surface area contributed by atoms with Crippen LogP contribution in [0.15, 0.2) is 97.1 Å². The number of unbranched alkanes of at least 4 members (excludes halogenated alkanes) is 10. The van der Waals surface area contributed by atoms with Gasteiger partial charge in [-0.1, -0.05) is 151 Å². The molecule has 0 saturated heterocycles. The van der Waals surface area contributed by atoms with Crippen LogP contribution in [0, 0.1) is 0 Å². The predicted octanol–water partition coefficient (Wildman–Crippen LogP) is 13.0. The minimum atomic E-state index is -0.257. The lowest BCUT2D eigenvalue weighted by Gasteiger charge is -2.31. The summed E-state index contributed by atoms with van der Waals surface area (Å²) in [6.45, 7) is 5.17. The van der Waals surface area contributed by atoms with E-state index < -0.39 is 0 Å². The molecule has 0 unspecified atom stereocenters. The van der Waals surface area contributed by atoms with E-state index in [1.165, 1.54) is 35.5 Å². The van der Waals surface area contributed by atoms with Crippen molar-refractivity contribution < 1.29 is 19.2 Å². The predicted molar refractivity (Wildman–Crippen MR) is 236 cm³/mol. The number of rotatable bonds is 16. The lowest BCUT2D eigenvalue weighted by atomic mass is 9.78. The van der Waals surface area contributed by atoms with E-state index in [9.17, 15) is 19.2 Å². The van der Waals surface area contributed by atoms with Crippen LogP contribution < -0.4 is 0 Å². The first-order valence-corrected chi connectivity index (χ1v) is 21.6. The Morgan fingerprint density at radius 3 is 1.10 bits per heavy atom. The van der Waals surface area contributed by atoms with Crippen molar-refractivity contribution in [1.29, 1.82) is 0 Å². The van der Waals surface area contributed by atoms with Crippen LogP contribution in [0.3, 0.4) is 0 Å². The number of imide groups is 2. The Labute approximate surface area is 340 Å². The highest BCUT2D eigenvalue weighted by atomic mass is 16.2. The van der Waals surface area contributed by atoms with E-state index >= 15 is 0 Å². The van der Waals surface area contributed by atoms with Gasteiger partial charge in [0.25, 0.3) is 23.6 Å². The average molecular weight is 767 g/mol. The second-order valence-corrected chi connectivity index (χ2v) is 16.3. The van der Waals surface area contributed by atoms with Gasteiger partial charge in [-0.15, -0.1) is 0 Å². The molecule has 9 rings (SSSR count). The lowest BCUT2D eigenvalue weighted by molar-refractivity contribution is 0.0592. The van der Waals surface area contributed by atoms with Gasteiger partial charge in [0.2, 0.25) is 0 Å². The van der Waals surface area contributed by atoms with Gasteiger partial charge in [-0.05, 0) is 91.7 Å². The highest BCUT2D eigenvalue weighted by Crippen LogP contribution is 2.51. The fraction of sp³-hybridized carbons (Fsp3) is 0.308. The maximum Gasteiger partial charge on any atom is 0.261 e. The lowest BCUT2D eigenvalue weighted by Crippen LogP contribution is -2.41. The average Bonchev–Trinajstić information content (AvgIpc) is 3.26. The highest BCUT2D eigenvalue weighted by molar-refractivity contribution is 6.44. The molecule has 0 bridgehead atoms. The van der Waals surface area contributed by atoms with Gasteiger partial charge in [-0.2, -0.15) is 0 Å². The first-order chi connectivity index (χ1) is 28.4. The molecule has 2 heterocycles. The zero-order valence-electron chi connectivity index (χ0n) is 33.7. The SMILES string of the molecule is CCCCCCCCN1C(=O)c2ccc3c4c(-c5ccccc5)cc5c6c(ccc(c7c(-c8ccccc8)cc(c2c37)C1=O)c64)C(=O)N(CCCCCCCC)C5=O. The molecule has 292 valence electrons. The monoisotopic (exact) mass is 766 g/mol. The molecule has 0 N–H and O–H groups in total. The molecule has 2 aliphatic heterocycles. The second kappa shape index (κ2) is 15.8. The molecule has 58 heavy (non-hydrogen) atoms. The summed E-state index contributed by atoms with van der Waals surface area (Å²) in [6, 6.07) is 32.0. The van der Waals surface area contributed by atoms with Crippen molar-refractivity contribution in [2.45, 2.75) is 90.9 Å². The molecule has 6 nitrogen and oxygen atoms in total. The quantitative estimate of drug-likeness (QED) is 0.0425. The smallest absolute Gasteiger partial charge is 0.261 e. The van der Waals surface area contributed by atoms with E-state index in [-0.39, 0.29) is 23.6 Å². The topological polar surface area (TPSA) is 74.8 Å². The summed E-state index contributed by atoms with van der Waals surface area (Å²) in [6.07, 6.45) is 12.7. The molecular formula is C52H50N2O4. The van der Waals surface area contributed by atoms with Crippen molar-refractivity contribution in [3.05, 3.63) is 119 Å². The highest BCUT2D eigenvalue weighted by Gasteiger charge is 2.38. The van der Waals surface area contributed by atoms with Gasteiger partial charge in [0.1, 0.15) is 0 Å². The maximum atomic E-state index is 14.6. The van der Waals surface area contributed by atoms with Crippen molar-refractivity contribution in [2.24, 2.45) is 0 Å². The molecule has 0 radical (unpaired) electrons. The van der Waals surface area contributed by atoms with E-state index in [0.29, 0.717) is 46.1 Å². The molecule has 7 aromatic carbocycles. The number of carbonyl (C=O) groups excluding carboxylic acids is 4. The zero-order valence-corrected chi connectivity index (χ0v) is 33.7. The zero-order chi connectivity index (χ0) is 39.9. The van der Waals surface area contributed by atoms with Gasteiger partial charge in [0.05, 0.1) is 0 Å². The van der Waals surface area contributed by atoms with Gasteiger partial charge in [-0.3, -0.25) is 29.0 Å². The van der Waals surface area contributed by atoms with Crippen LogP contribution in [0.4, 0.5) is 0 Å². The third kappa shape index (κ3) is 6.16. The standard InChI is InChI=1S/C52H50N2O4/c1-3-5-7-9-11-19-29-53-49(55)37-27-25-35-44-40(34-23-17-14-18-24-34)32-42-46-38(50(56)54(52(42)58)30-20-12-10-8-6-4-2)28-26-36(48(44)46)43-39(33-21-15-13-16-22-33)31-41(51(53)57)45(37)47(35)43/h13-18,21-28,31-32H,3-12,19-20,29-30H2,1-2H3. The fourth-order valence-electron chi connectivity index (χ4n) is 9.76. The van der Waals surface area contributed by atoms with Gasteiger partial charge >= 0.3 is 0 Å². The van der Waals surface area contributed by atoms with Crippen molar-refractivity contribution >= 4 is 66.7 Å². The summed E-state index contributed by atoms with van der Waals surface area (Å²) in [7, 11) is 0. The third-order valence-electron chi connectivity index (χ3n) is 12.6. The van der Waals surface area contributed by atoms with Crippen molar-refractivity contribution in [3.8, 4) is 22.3 Å². The molecule has 0 aliphatic carbocycles. The van der Waals surface area contributed by atoms with Crippen LogP contribution >= 0.6 is 0 Å². The number of fused-ring (bicyclic) bond motifs is 2. The van der Waals surface area contributed by atoms with Crippen LogP contribution in [-0.4, -0.2) is 46.5 Å². The fourth-order valence-corrected chi connectivity index (χ4v) is 9.76. The van der Waals surface area contributed by atoms with Crippen molar-refractivity contribution in [1.82, 2.24) is 9.80 Å². The molecule has 2 aliphatic rings. The molecule has 0 fully saturated rings. The summed E-state index contributed by atoms with van der Waals surface area (Å²) < 4.78 is 0. The molecule has 7 aromatic rings. The van der Waals surface area contributed by atoms with Gasteiger partial charge in [-0.25, -0.2) is 0 Å². The molecule has 4 amide bonds. The van der Waals surface area contributed by atoms with E-state index in [4.69, 9.17) is 0 Å². The number of hydrogen-bond acceptors (Lipinski definition) is 4. The van der Waals surface area contributed by atoms with Crippen LogP contribution in [0.2, 0.25) is 0 Å². The first kappa shape index (κ1) is 37.7. The van der Waals surface area contributed by atoms with Crippen LogP contribution in [0.5, 0.6) is 0 Å². The summed E-state index contributed by atoms with van der Waals surface area (Å²) in [5, 5.41) is 6.69. The number of nitrogens with zero attached hydrogens (tertiary/aromatic N) is 2. The Morgan fingerprint density at radius 1 is 0.345 bits per heavy atom. The molecule has 0 aromatic heterocycles. The Morgan fingerprint density at radius 2 is 0.707 bits per heavy atom. The molecule has 6 heteroatoms. The minimum absolute atomic E-state index is 0.253. The normalized spacial score (nSPS) is 14.0. The first-order valence-electron chi connectivity index (χ1n) is 21.6. The van der Waals surface area contributed by atoms with E-state index in [0.717, 1.165) is 106 Å². The molecular weight excluding hydrogens is 717 g/mol. The summed E-state index contributed by atoms with van der Waals surface area (Å²) in [5.41, 5.74) is 5.80. The van der Waals surface area contributed by atoms with Crippen molar-refractivity contribution in [3.63, 3.8) is 0 Å². The summed E-state index contributed by atoms with van der Waals surface area (Å²) in [5.74, 6) is -1.02. The number of amides is 4. The van der Waals surface area contributed by atoms with Gasteiger partial charge in [0.15, 0.2) is 0 Å². The second-order valence-electron chi connectivity index (χ2n) is 16.3. The summed E-state index contributed by atoms with van der Waals surface area (Å²) >= 11 is 0. The largest absolute Gasteiger partial charge is 0.274 e. The number of benzene rings is 7. The molecule has 0 spiro atoms. The van der Waals surface area contributed by atoms with Crippen LogP contribution in [0.1, 0.15) is 132 Å². The Hall–Kier alpha value is -5.88. The Kier molecular flexibility index (Phi) is 10.3. The van der Waals surface area contributed by atoms with Crippen LogP contribution in [0.25, 0.3) is 65.3 Å². The van der Waals surface area contributed by atoms with Gasteiger partial charge < -0.3 is 0 Å². The maximum absolute atomic E-state index is 14.6. The minimum Gasteiger partial charge on any atom is -0.274 e. The van der Waals surface area contributed by atoms with E-state index in [1.54, 1.807) is 0 Å². The Balaban J connectivity index is 1.30. The molecule has 0 atom stereocenters. The third-order valence-corrected chi connectivity index (χ3v) is 12.6. The van der Waals surface area contributed by atoms with E-state index in [1.807, 2.05) is 72.8 Å². The number of carbonyl (C=O) groups is 4. The number of hydrogen-bond donors (Lipinski definition) is 0. The Bertz CT molecular complexity index is 2550. The summed E-state index contributed by atoms with van der Waals surface area (Å²) in [4.78, 5) is 60.9. The van der Waals surface area contributed by atoms with E-state index in [2.05, 4.69) is 38.1 Å². The molecule has 0 saturated carbocycles. The van der Waals surface area contributed by atoms with Crippen LogP contribution in [-0.2, 0) is 0 Å².